The number of hydrogen-bond donors (Lipinski definition) is 3. The maximum Gasteiger partial charge on any atom is 0.126 e. The summed E-state index contributed by atoms with van der Waals surface area (Å²) in [6, 6.07) is 5.88. The number of β-amino-alcohol motifs (C(OH)–C–C–N with tert-alkyl or cyclic N) is 1. The van der Waals surface area contributed by atoms with Gasteiger partial charge in [-0.3, -0.25) is 10.3 Å². The molecule has 1 aliphatic heterocycles. The van der Waals surface area contributed by atoms with Crippen LogP contribution in [0.15, 0.2) is 22.7 Å². The van der Waals surface area contributed by atoms with Gasteiger partial charge in [-0.25, -0.2) is 0 Å². The number of hydrogen-bond acceptors (Lipinski definition) is 4. The molecule has 6 heteroatoms. The van der Waals surface area contributed by atoms with Crippen molar-refractivity contribution in [1.82, 2.24) is 4.90 Å². The number of amidine groups is 1. The Balaban J connectivity index is 2.10. The first kappa shape index (κ1) is 16.3. The highest BCUT2D eigenvalue weighted by atomic mass is 79.9. The Labute approximate surface area is 134 Å². The molecule has 0 saturated carbocycles. The van der Waals surface area contributed by atoms with Gasteiger partial charge in [0, 0.05) is 42.9 Å². The lowest BCUT2D eigenvalue weighted by Crippen LogP contribution is -2.50. The van der Waals surface area contributed by atoms with Gasteiger partial charge in [-0.2, -0.15) is 0 Å². The predicted octanol–water partition coefficient (Wildman–Crippen LogP) is 1.63. The quantitative estimate of drug-likeness (QED) is 0.567. The first-order chi connectivity index (χ1) is 9.78. The first-order valence-electron chi connectivity index (χ1n) is 7.10. The highest BCUT2D eigenvalue weighted by molar-refractivity contribution is 9.10. The van der Waals surface area contributed by atoms with Gasteiger partial charge in [0.05, 0.1) is 11.2 Å². The molecule has 1 aromatic carbocycles. The number of benzene rings is 1. The lowest BCUT2D eigenvalue weighted by molar-refractivity contribution is 0.0345. The maximum absolute atomic E-state index is 9.90. The van der Waals surface area contributed by atoms with Gasteiger partial charge in [0.2, 0.25) is 0 Å². The average Bonchev–Trinajstić information content (AvgIpc) is 2.37. The number of nitrogens with zero attached hydrogens (tertiary/aromatic N) is 2. The average molecular weight is 355 g/mol. The third-order valence-corrected chi connectivity index (χ3v) is 4.25. The molecule has 0 atom stereocenters. The third-order valence-electron chi connectivity index (χ3n) is 3.58. The summed E-state index contributed by atoms with van der Waals surface area (Å²) in [7, 11) is 0. The Bertz CT molecular complexity index is 519. The second-order valence-corrected chi connectivity index (χ2v) is 6.98. The molecule has 1 fully saturated rings. The molecule has 1 saturated heterocycles. The predicted molar refractivity (Wildman–Crippen MR) is 90.1 cm³/mol. The molecule has 0 bridgehead atoms. The molecule has 1 aromatic rings. The topological polar surface area (TPSA) is 76.6 Å². The van der Waals surface area contributed by atoms with Gasteiger partial charge in [0.15, 0.2) is 0 Å². The molecule has 5 nitrogen and oxygen atoms in total. The number of anilines is 1. The van der Waals surface area contributed by atoms with Crippen molar-refractivity contribution in [1.29, 1.82) is 5.41 Å². The lowest BCUT2D eigenvalue weighted by atomic mass is 10.1. The van der Waals surface area contributed by atoms with Crippen LogP contribution in [-0.2, 0) is 0 Å². The van der Waals surface area contributed by atoms with Crippen LogP contribution in [0.4, 0.5) is 5.69 Å². The Morgan fingerprint density at radius 3 is 2.48 bits per heavy atom. The van der Waals surface area contributed by atoms with Gasteiger partial charge in [-0.15, -0.1) is 0 Å². The van der Waals surface area contributed by atoms with Crippen LogP contribution in [0.3, 0.4) is 0 Å². The first-order valence-corrected chi connectivity index (χ1v) is 7.90. The minimum absolute atomic E-state index is 0.0800. The number of nitrogen functional groups attached to an aromatic ring is 1. The van der Waals surface area contributed by atoms with Crippen LogP contribution in [0, 0.1) is 5.41 Å². The summed E-state index contributed by atoms with van der Waals surface area (Å²) in [4.78, 5) is 4.52. The van der Waals surface area contributed by atoms with E-state index < -0.39 is 5.60 Å². The van der Waals surface area contributed by atoms with Crippen molar-refractivity contribution < 1.29 is 5.11 Å². The molecule has 4 N–H and O–H groups in total. The molecule has 1 heterocycles. The van der Waals surface area contributed by atoms with Gasteiger partial charge in [0.1, 0.15) is 5.84 Å². The molecular weight excluding hydrogens is 332 g/mol. The Hall–Kier alpha value is -1.11. The summed E-state index contributed by atoms with van der Waals surface area (Å²) in [5.74, 6) is 0.0800. The number of rotatable bonds is 4. The molecule has 0 radical (unpaired) electrons. The number of piperazine rings is 1. The maximum atomic E-state index is 9.90. The molecule has 21 heavy (non-hydrogen) atoms. The van der Waals surface area contributed by atoms with Crippen LogP contribution in [-0.4, -0.2) is 54.2 Å². The molecule has 0 aromatic heterocycles. The molecule has 0 aliphatic carbocycles. The Morgan fingerprint density at radius 1 is 1.33 bits per heavy atom. The molecule has 2 rings (SSSR count). The third kappa shape index (κ3) is 4.18. The summed E-state index contributed by atoms with van der Waals surface area (Å²) in [5.41, 5.74) is 6.81. The van der Waals surface area contributed by atoms with E-state index >= 15 is 0 Å². The van der Waals surface area contributed by atoms with Gasteiger partial charge >= 0.3 is 0 Å². The fraction of sp³-hybridized carbons (Fsp3) is 0.533. The van der Waals surface area contributed by atoms with E-state index in [0.29, 0.717) is 6.54 Å². The molecular formula is C15H23BrN4O. The Kier molecular flexibility index (Phi) is 4.91. The van der Waals surface area contributed by atoms with Crippen LogP contribution >= 0.6 is 15.9 Å². The second kappa shape index (κ2) is 6.34. The van der Waals surface area contributed by atoms with Gasteiger partial charge in [-0.1, -0.05) is 6.07 Å². The summed E-state index contributed by atoms with van der Waals surface area (Å²) in [6.07, 6.45) is 0. The van der Waals surface area contributed by atoms with Crippen molar-refractivity contribution in [2.75, 3.05) is 37.6 Å². The van der Waals surface area contributed by atoms with Gasteiger partial charge in [0.25, 0.3) is 0 Å². The standard InChI is InChI=1S/C15H23BrN4O/c1-15(2,21)10-19-6-8-20(9-7-19)12-5-3-4-11(16)13(12)14(17)18/h3-5,21H,6-10H2,1-2H3,(H3,17,18). The van der Waals surface area contributed by atoms with Gasteiger partial charge < -0.3 is 15.7 Å². The Morgan fingerprint density at radius 2 is 1.95 bits per heavy atom. The minimum Gasteiger partial charge on any atom is -0.389 e. The molecule has 0 spiro atoms. The summed E-state index contributed by atoms with van der Waals surface area (Å²) in [5, 5.41) is 17.7. The largest absolute Gasteiger partial charge is 0.389 e. The monoisotopic (exact) mass is 354 g/mol. The summed E-state index contributed by atoms with van der Waals surface area (Å²) >= 11 is 3.47. The van der Waals surface area contributed by atoms with Crippen LogP contribution in [0.2, 0.25) is 0 Å². The molecule has 0 amide bonds. The van der Waals surface area contributed by atoms with E-state index in [1.807, 2.05) is 32.0 Å². The van der Waals surface area contributed by atoms with E-state index in [-0.39, 0.29) is 5.84 Å². The van der Waals surface area contributed by atoms with E-state index in [4.69, 9.17) is 11.1 Å². The van der Waals surface area contributed by atoms with Crippen LogP contribution in [0.1, 0.15) is 19.4 Å². The lowest BCUT2D eigenvalue weighted by Gasteiger charge is -2.39. The van der Waals surface area contributed by atoms with E-state index in [9.17, 15) is 5.11 Å². The zero-order chi connectivity index (χ0) is 15.6. The number of halogens is 1. The molecule has 0 unspecified atom stereocenters. The van der Waals surface area contributed by atoms with Crippen LogP contribution in [0.25, 0.3) is 0 Å². The summed E-state index contributed by atoms with van der Waals surface area (Å²) in [6.45, 7) is 7.88. The van der Waals surface area contributed by atoms with Crippen LogP contribution < -0.4 is 10.6 Å². The smallest absolute Gasteiger partial charge is 0.126 e. The fourth-order valence-corrected chi connectivity index (χ4v) is 3.31. The van der Waals surface area contributed by atoms with Crippen molar-refractivity contribution >= 4 is 27.5 Å². The zero-order valence-electron chi connectivity index (χ0n) is 12.6. The molecule has 116 valence electrons. The highest BCUT2D eigenvalue weighted by Gasteiger charge is 2.24. The number of nitrogens with two attached hydrogens (primary N) is 1. The van der Waals surface area contributed by atoms with Crippen molar-refractivity contribution in [3.63, 3.8) is 0 Å². The molecule has 1 aliphatic rings. The van der Waals surface area contributed by atoms with Gasteiger partial charge in [-0.05, 0) is 41.9 Å². The van der Waals surface area contributed by atoms with Crippen molar-refractivity contribution in [2.45, 2.75) is 19.4 Å². The SMILES string of the molecule is CC(C)(O)CN1CCN(c2cccc(Br)c2C(=N)N)CC1. The second-order valence-electron chi connectivity index (χ2n) is 6.12. The zero-order valence-corrected chi connectivity index (χ0v) is 14.2. The fourth-order valence-electron chi connectivity index (χ4n) is 2.74. The highest BCUT2D eigenvalue weighted by Crippen LogP contribution is 2.28. The van der Waals surface area contributed by atoms with Crippen molar-refractivity contribution in [2.24, 2.45) is 5.73 Å². The van der Waals surface area contributed by atoms with E-state index in [1.165, 1.54) is 0 Å². The minimum atomic E-state index is -0.664. The number of aliphatic hydroxyl groups is 1. The van der Waals surface area contributed by atoms with E-state index in [0.717, 1.165) is 41.9 Å². The van der Waals surface area contributed by atoms with E-state index in [1.54, 1.807) is 0 Å². The summed E-state index contributed by atoms with van der Waals surface area (Å²) < 4.78 is 0.853. The van der Waals surface area contributed by atoms with Crippen molar-refractivity contribution in [3.8, 4) is 0 Å². The number of nitrogens with one attached hydrogen (secondary N) is 1. The van der Waals surface area contributed by atoms with Crippen molar-refractivity contribution in [3.05, 3.63) is 28.2 Å². The van der Waals surface area contributed by atoms with Crippen LogP contribution in [0.5, 0.6) is 0 Å². The van der Waals surface area contributed by atoms with E-state index in [2.05, 4.69) is 25.7 Å². The normalized spacial score (nSPS) is 17.0.